The molecule has 43 heavy (non-hydrogen) atoms. The summed E-state index contributed by atoms with van der Waals surface area (Å²) in [4.78, 5) is 41.1. The molecule has 2 heterocycles. The number of pyridine rings is 1. The van der Waals surface area contributed by atoms with Gasteiger partial charge in [-0.2, -0.15) is 0 Å². The van der Waals surface area contributed by atoms with E-state index in [4.69, 9.17) is 25.8 Å². The van der Waals surface area contributed by atoms with Gasteiger partial charge in [-0.15, -0.1) is 0 Å². The number of anilines is 1. The van der Waals surface area contributed by atoms with E-state index in [-0.39, 0.29) is 35.0 Å². The van der Waals surface area contributed by atoms with Crippen LogP contribution in [0.25, 0.3) is 10.9 Å². The number of nitrogens with zero attached hydrogens (tertiary/aromatic N) is 3. The summed E-state index contributed by atoms with van der Waals surface area (Å²) in [6.45, 7) is 14.6. The van der Waals surface area contributed by atoms with Crippen molar-refractivity contribution >= 4 is 40.3 Å². The van der Waals surface area contributed by atoms with E-state index in [0.717, 1.165) is 18.4 Å². The van der Waals surface area contributed by atoms with Crippen molar-refractivity contribution in [3.05, 3.63) is 44.5 Å². The molecule has 9 nitrogen and oxygen atoms in total. The number of aromatic nitrogens is 1. The maximum Gasteiger partial charge on any atom is 0.410 e. The highest BCUT2D eigenvalue weighted by atomic mass is 35.5. The van der Waals surface area contributed by atoms with E-state index in [2.05, 4.69) is 0 Å². The Bertz CT molecular complexity index is 1380. The number of fused-ring (bicyclic) bond motifs is 1. The Balaban J connectivity index is 0.00000155. The van der Waals surface area contributed by atoms with Gasteiger partial charge in [-0.05, 0) is 52.5 Å². The molecule has 1 aromatic heterocycles. The van der Waals surface area contributed by atoms with E-state index in [0.29, 0.717) is 36.5 Å². The molecule has 1 amide bonds. The van der Waals surface area contributed by atoms with Crippen LogP contribution in [0.5, 0.6) is 5.75 Å². The predicted molar refractivity (Wildman–Crippen MR) is 170 cm³/mol. The summed E-state index contributed by atoms with van der Waals surface area (Å²) < 4.78 is 33.4. The van der Waals surface area contributed by atoms with Crippen molar-refractivity contribution in [3.8, 4) is 5.75 Å². The first-order valence-corrected chi connectivity index (χ1v) is 15.3. The van der Waals surface area contributed by atoms with Crippen LogP contribution in [0.3, 0.4) is 0 Å². The zero-order valence-electron chi connectivity index (χ0n) is 27.2. The molecule has 1 aliphatic carbocycles. The van der Waals surface area contributed by atoms with Gasteiger partial charge in [0, 0.05) is 37.4 Å². The summed E-state index contributed by atoms with van der Waals surface area (Å²) in [6.07, 6.45) is 3.93. The normalized spacial score (nSPS) is 14.6. The Morgan fingerprint density at radius 3 is 2.16 bits per heavy atom. The first-order chi connectivity index (χ1) is 20.4. The highest BCUT2D eigenvalue weighted by Crippen LogP contribution is 2.44. The van der Waals surface area contributed by atoms with Crippen LogP contribution in [0, 0.1) is 5.82 Å². The van der Waals surface area contributed by atoms with Gasteiger partial charge in [0.05, 0.1) is 31.7 Å². The molecule has 2 aromatic rings. The predicted octanol–water partition coefficient (Wildman–Crippen LogP) is 7.28. The number of likely N-dealkylation sites (N-methyl/N-ethyl adjacent to an activating group) is 1. The number of halogens is 2. The summed E-state index contributed by atoms with van der Waals surface area (Å²) in [5.41, 5.74) is 0.385. The van der Waals surface area contributed by atoms with Crippen LogP contribution >= 0.6 is 11.6 Å². The van der Waals surface area contributed by atoms with E-state index in [9.17, 15) is 14.4 Å². The maximum atomic E-state index is 15.7. The number of hydrogen-bond acceptors (Lipinski definition) is 7. The Morgan fingerprint density at radius 2 is 1.67 bits per heavy atom. The van der Waals surface area contributed by atoms with Crippen LogP contribution < -0.4 is 15.1 Å². The molecule has 2 fully saturated rings. The van der Waals surface area contributed by atoms with Crippen LogP contribution in [0.15, 0.2) is 27.7 Å². The van der Waals surface area contributed by atoms with Crippen molar-refractivity contribution in [2.75, 3.05) is 45.8 Å². The van der Waals surface area contributed by atoms with Gasteiger partial charge in [0.25, 0.3) is 0 Å². The van der Waals surface area contributed by atoms with E-state index in [1.54, 1.807) is 27.8 Å². The van der Waals surface area contributed by atoms with Crippen molar-refractivity contribution in [1.29, 1.82) is 0 Å². The maximum absolute atomic E-state index is 15.7. The second kappa shape index (κ2) is 15.5. The SMILES string of the molecule is CC.CC.COC(=O)c1cn(C2CC2)c2c(OC)c(N3CCC(=C(Cl)CN(C)C(=O)OC(C)(C)C)CC3)c(F)cc2c1=O. The average Bonchev–Trinajstić information content (AvgIpc) is 3.83. The van der Waals surface area contributed by atoms with Crippen molar-refractivity contribution in [2.45, 2.75) is 85.8 Å². The van der Waals surface area contributed by atoms with Crippen LogP contribution in [-0.4, -0.2) is 68.0 Å². The quantitative estimate of drug-likeness (QED) is 0.312. The first-order valence-electron chi connectivity index (χ1n) is 14.9. The number of ether oxygens (including phenoxy) is 3. The van der Waals surface area contributed by atoms with Crippen LogP contribution in [0.4, 0.5) is 14.9 Å². The average molecular weight is 624 g/mol. The van der Waals surface area contributed by atoms with Crippen molar-refractivity contribution in [1.82, 2.24) is 9.47 Å². The van der Waals surface area contributed by atoms with Crippen molar-refractivity contribution < 1.29 is 28.2 Å². The summed E-state index contributed by atoms with van der Waals surface area (Å²) >= 11 is 6.60. The zero-order chi connectivity index (χ0) is 32.6. The number of carbonyl (C=O) groups is 2. The number of carbonyl (C=O) groups excluding carboxylic acids is 2. The summed E-state index contributed by atoms with van der Waals surface area (Å²) in [5.74, 6) is -1.11. The molecule has 0 bridgehead atoms. The number of methoxy groups -OCH3 is 2. The molecular weight excluding hydrogens is 577 g/mol. The van der Waals surface area contributed by atoms with Gasteiger partial charge in [-0.1, -0.05) is 44.9 Å². The molecule has 0 N–H and O–H groups in total. The van der Waals surface area contributed by atoms with Gasteiger partial charge >= 0.3 is 12.1 Å². The van der Waals surface area contributed by atoms with Crippen LogP contribution in [-0.2, 0) is 9.47 Å². The number of piperidine rings is 1. The molecule has 0 atom stereocenters. The van der Waals surface area contributed by atoms with Crippen molar-refractivity contribution in [2.24, 2.45) is 0 Å². The highest BCUT2D eigenvalue weighted by molar-refractivity contribution is 6.30. The molecule has 1 saturated carbocycles. The molecule has 11 heteroatoms. The minimum absolute atomic E-state index is 0.0775. The number of benzene rings is 1. The number of rotatable bonds is 6. The zero-order valence-corrected chi connectivity index (χ0v) is 28.0. The molecule has 0 spiro atoms. The standard InChI is InChI=1S/C28H35ClFN3O6.2C2H6/c1-28(2,3)39-27(36)31(4)15-20(29)16-9-11-32(12-10-16)23-21(30)13-18-22(25(23)37-5)33(17-7-8-17)14-19(24(18)34)26(35)38-6;2*1-2/h13-14,17H,7-12,15H2,1-6H3;2*1-2H3. The lowest BCUT2D eigenvalue weighted by atomic mass is 10.0. The van der Waals surface area contributed by atoms with E-state index < -0.39 is 28.9 Å². The number of esters is 1. The fourth-order valence-corrected chi connectivity index (χ4v) is 5.19. The summed E-state index contributed by atoms with van der Waals surface area (Å²) in [5, 5.41) is 0.639. The Morgan fingerprint density at radius 1 is 1.09 bits per heavy atom. The molecule has 1 saturated heterocycles. The molecule has 2 aliphatic rings. The second-order valence-corrected chi connectivity index (χ2v) is 11.4. The first kappa shape index (κ1) is 35.9. The van der Waals surface area contributed by atoms with Gasteiger partial charge < -0.3 is 28.6 Å². The van der Waals surface area contributed by atoms with E-state index in [1.807, 2.05) is 37.2 Å². The monoisotopic (exact) mass is 623 g/mol. The topological polar surface area (TPSA) is 90.3 Å². The molecule has 240 valence electrons. The second-order valence-electron chi connectivity index (χ2n) is 11.0. The van der Waals surface area contributed by atoms with Gasteiger partial charge in [-0.3, -0.25) is 4.79 Å². The van der Waals surface area contributed by atoms with Crippen molar-refractivity contribution in [3.63, 3.8) is 0 Å². The van der Waals surface area contributed by atoms with Crippen LogP contribution in [0.2, 0.25) is 0 Å². The van der Waals surface area contributed by atoms with Gasteiger partial charge in [-0.25, -0.2) is 14.0 Å². The third-order valence-corrected chi connectivity index (χ3v) is 7.28. The molecule has 1 aromatic carbocycles. The molecule has 0 radical (unpaired) electrons. The fraction of sp³-hybridized carbons (Fsp3) is 0.594. The summed E-state index contributed by atoms with van der Waals surface area (Å²) in [6, 6.07) is 1.27. The number of hydrogen-bond donors (Lipinski definition) is 0. The molecular formula is C32H47ClFN3O6. The van der Waals surface area contributed by atoms with Gasteiger partial charge in [0.2, 0.25) is 5.43 Å². The lowest BCUT2D eigenvalue weighted by molar-refractivity contribution is 0.0315. The van der Waals surface area contributed by atoms with Crippen LogP contribution in [0.1, 0.15) is 90.5 Å². The van der Waals surface area contributed by atoms with E-state index in [1.165, 1.54) is 31.4 Å². The Kier molecular flexibility index (Phi) is 12.9. The van der Waals surface area contributed by atoms with E-state index >= 15 is 4.39 Å². The minimum atomic E-state index is -0.760. The Hall–Kier alpha value is -3.27. The molecule has 4 rings (SSSR count). The molecule has 1 aliphatic heterocycles. The van der Waals surface area contributed by atoms with Gasteiger partial charge in [0.15, 0.2) is 11.6 Å². The fourth-order valence-electron chi connectivity index (χ4n) is 4.82. The third kappa shape index (κ3) is 8.43. The largest absolute Gasteiger partial charge is 0.492 e. The minimum Gasteiger partial charge on any atom is -0.492 e. The lowest BCUT2D eigenvalue weighted by Crippen LogP contribution is -2.36. The summed E-state index contributed by atoms with van der Waals surface area (Å²) in [7, 11) is 4.29. The highest BCUT2D eigenvalue weighted by Gasteiger charge is 2.32. The van der Waals surface area contributed by atoms with Gasteiger partial charge in [0.1, 0.15) is 16.9 Å². The third-order valence-electron chi connectivity index (χ3n) is 6.90. The lowest BCUT2D eigenvalue weighted by Gasteiger charge is -2.33. The number of amides is 1. The Labute approximate surface area is 259 Å². The molecule has 0 unspecified atom stereocenters. The smallest absolute Gasteiger partial charge is 0.410 e.